The number of hydrogen-bond acceptors (Lipinski definition) is 3. The Balaban J connectivity index is 0.00000211. The summed E-state index contributed by atoms with van der Waals surface area (Å²) in [7, 11) is 0. The first kappa shape index (κ1) is 20.5. The van der Waals surface area contributed by atoms with Crippen molar-refractivity contribution in [3.63, 3.8) is 0 Å². The molecule has 22 heavy (non-hydrogen) atoms. The molecule has 1 aliphatic rings. The number of piperidine rings is 1. The number of rotatable bonds is 3. The van der Waals surface area contributed by atoms with E-state index < -0.39 is 23.1 Å². The number of hydrogen-bond donors (Lipinski definition) is 1. The van der Waals surface area contributed by atoms with Crippen molar-refractivity contribution in [3.05, 3.63) is 12.7 Å². The van der Waals surface area contributed by atoms with Crippen LogP contribution in [0.2, 0.25) is 0 Å². The third-order valence-electron chi connectivity index (χ3n) is 3.83. The summed E-state index contributed by atoms with van der Waals surface area (Å²) in [6, 6.07) is 0. The number of nitrogens with zero attached hydrogens (tertiary/aromatic N) is 1. The number of ether oxygens (including phenoxy) is 1. The fourth-order valence-corrected chi connectivity index (χ4v) is 2.53. The van der Waals surface area contributed by atoms with Gasteiger partial charge in [-0.1, -0.05) is 26.8 Å². The molecule has 1 aliphatic heterocycles. The van der Waals surface area contributed by atoms with Gasteiger partial charge in [-0.05, 0) is 39.5 Å². The van der Waals surface area contributed by atoms with Crippen molar-refractivity contribution in [2.24, 2.45) is 11.3 Å². The van der Waals surface area contributed by atoms with Gasteiger partial charge >= 0.3 is 12.1 Å². The summed E-state index contributed by atoms with van der Waals surface area (Å²) in [5, 5.41) is 9.60. The molecule has 5 nitrogen and oxygen atoms in total. The van der Waals surface area contributed by atoms with Crippen LogP contribution in [0.3, 0.4) is 0 Å². The van der Waals surface area contributed by atoms with E-state index in [0.717, 1.165) is 0 Å². The molecule has 0 aliphatic carbocycles. The second kappa shape index (κ2) is 8.20. The number of amides is 1. The van der Waals surface area contributed by atoms with Crippen LogP contribution in [0.5, 0.6) is 0 Å². The molecule has 1 fully saturated rings. The number of allylic oxidation sites excluding steroid dienone is 1. The first-order valence-corrected chi connectivity index (χ1v) is 7.96. The van der Waals surface area contributed by atoms with E-state index in [1.807, 2.05) is 20.8 Å². The second-order valence-corrected chi connectivity index (χ2v) is 6.49. The fraction of sp³-hybridized carbons (Fsp3) is 0.765. The second-order valence-electron chi connectivity index (χ2n) is 6.49. The average molecular weight is 313 g/mol. The first-order valence-electron chi connectivity index (χ1n) is 7.96. The molecule has 0 saturated carbocycles. The Morgan fingerprint density at radius 1 is 1.36 bits per heavy atom. The predicted molar refractivity (Wildman–Crippen MR) is 87.8 cm³/mol. The minimum Gasteiger partial charge on any atom is -0.481 e. The van der Waals surface area contributed by atoms with Crippen molar-refractivity contribution in [1.29, 1.82) is 0 Å². The Bertz CT molecular complexity index is 400. The maximum Gasteiger partial charge on any atom is 0.410 e. The molecule has 1 heterocycles. The average Bonchev–Trinajstić information content (AvgIpc) is 2.46. The highest BCUT2D eigenvalue weighted by Crippen LogP contribution is 2.38. The molecule has 0 spiro atoms. The third-order valence-corrected chi connectivity index (χ3v) is 3.83. The molecule has 5 heteroatoms. The zero-order valence-electron chi connectivity index (χ0n) is 14.8. The van der Waals surface area contributed by atoms with E-state index in [0.29, 0.717) is 19.4 Å². The molecule has 0 bridgehead atoms. The lowest BCUT2D eigenvalue weighted by Crippen LogP contribution is -2.53. The fourth-order valence-electron chi connectivity index (χ4n) is 2.53. The Labute approximate surface area is 134 Å². The molecule has 1 amide bonds. The van der Waals surface area contributed by atoms with Crippen molar-refractivity contribution in [2.75, 3.05) is 13.1 Å². The molecule has 1 saturated heterocycles. The number of aliphatic carboxylic acids is 1. The van der Waals surface area contributed by atoms with E-state index in [1.54, 1.807) is 26.8 Å². The molecular formula is C17H31NO4. The summed E-state index contributed by atoms with van der Waals surface area (Å²) in [5.41, 5.74) is -1.54. The van der Waals surface area contributed by atoms with Crippen LogP contribution < -0.4 is 0 Å². The summed E-state index contributed by atoms with van der Waals surface area (Å²) >= 11 is 0. The number of carbonyl (C=O) groups is 2. The number of carboxylic acids is 1. The van der Waals surface area contributed by atoms with Gasteiger partial charge in [0.1, 0.15) is 5.60 Å². The van der Waals surface area contributed by atoms with Gasteiger partial charge in [-0.25, -0.2) is 4.79 Å². The number of carboxylic acid groups (broad SMARTS) is 1. The van der Waals surface area contributed by atoms with Crippen LogP contribution in [0, 0.1) is 11.3 Å². The van der Waals surface area contributed by atoms with Gasteiger partial charge in [0.2, 0.25) is 0 Å². The third kappa shape index (κ3) is 5.04. The molecule has 0 aromatic heterocycles. The Morgan fingerprint density at radius 3 is 2.32 bits per heavy atom. The van der Waals surface area contributed by atoms with Crippen molar-refractivity contribution in [3.8, 4) is 0 Å². The van der Waals surface area contributed by atoms with Crippen LogP contribution in [0.4, 0.5) is 4.79 Å². The van der Waals surface area contributed by atoms with Gasteiger partial charge < -0.3 is 14.7 Å². The minimum absolute atomic E-state index is 0.171. The maximum absolute atomic E-state index is 12.1. The van der Waals surface area contributed by atoms with E-state index in [4.69, 9.17) is 4.74 Å². The van der Waals surface area contributed by atoms with Gasteiger partial charge in [0.15, 0.2) is 0 Å². The van der Waals surface area contributed by atoms with Gasteiger partial charge in [0, 0.05) is 13.1 Å². The zero-order chi connectivity index (χ0) is 17.6. The smallest absolute Gasteiger partial charge is 0.410 e. The van der Waals surface area contributed by atoms with Gasteiger partial charge in [0.05, 0.1) is 5.41 Å². The number of likely N-dealkylation sites (tertiary alicyclic amines) is 1. The topological polar surface area (TPSA) is 66.8 Å². The molecule has 0 aromatic carbocycles. The Morgan fingerprint density at radius 2 is 1.91 bits per heavy atom. The SMILES string of the molecule is C=CC(C)C1(C(=O)O)CCCN(C(=O)OC(C)(C)C)C1.CC. The van der Waals surface area contributed by atoms with Crippen LogP contribution in [0.1, 0.15) is 54.4 Å². The molecule has 1 rings (SSSR count). The molecule has 0 radical (unpaired) electrons. The van der Waals surface area contributed by atoms with E-state index in [-0.39, 0.29) is 12.5 Å². The van der Waals surface area contributed by atoms with Crippen molar-refractivity contribution in [1.82, 2.24) is 4.90 Å². The van der Waals surface area contributed by atoms with Crippen molar-refractivity contribution in [2.45, 2.75) is 60.0 Å². The lowest BCUT2D eigenvalue weighted by atomic mass is 9.70. The van der Waals surface area contributed by atoms with Gasteiger partial charge in [-0.15, -0.1) is 6.58 Å². The Hall–Kier alpha value is -1.52. The molecule has 2 unspecified atom stereocenters. The summed E-state index contributed by atoms with van der Waals surface area (Å²) in [6.07, 6.45) is 2.41. The molecule has 0 aromatic rings. The summed E-state index contributed by atoms with van der Waals surface area (Å²) in [5.74, 6) is -1.08. The molecule has 2 atom stereocenters. The lowest BCUT2D eigenvalue weighted by Gasteiger charge is -2.42. The zero-order valence-corrected chi connectivity index (χ0v) is 14.8. The molecular weight excluding hydrogens is 282 g/mol. The number of carbonyl (C=O) groups excluding carboxylic acids is 1. The standard InChI is InChI=1S/C15H25NO4.C2H6/c1-6-11(2)15(12(17)18)8-7-9-16(10-15)13(19)20-14(3,4)5;1-2/h6,11H,1,7-10H2,2-5H3,(H,17,18);1-2H3. The lowest BCUT2D eigenvalue weighted by molar-refractivity contribution is -0.155. The van der Waals surface area contributed by atoms with Gasteiger partial charge in [-0.2, -0.15) is 0 Å². The van der Waals surface area contributed by atoms with Crippen molar-refractivity contribution >= 4 is 12.1 Å². The molecule has 128 valence electrons. The quantitative estimate of drug-likeness (QED) is 0.801. The van der Waals surface area contributed by atoms with Crippen molar-refractivity contribution < 1.29 is 19.4 Å². The summed E-state index contributed by atoms with van der Waals surface area (Å²) < 4.78 is 5.33. The first-order chi connectivity index (χ1) is 10.1. The maximum atomic E-state index is 12.1. The minimum atomic E-state index is -0.961. The highest BCUT2D eigenvalue weighted by molar-refractivity contribution is 5.77. The van der Waals surface area contributed by atoms with E-state index >= 15 is 0 Å². The van der Waals surface area contributed by atoms with Gasteiger partial charge in [-0.3, -0.25) is 4.79 Å². The Kier molecular flexibility index (Phi) is 7.64. The van der Waals surface area contributed by atoms with Crippen LogP contribution in [0.25, 0.3) is 0 Å². The van der Waals surface area contributed by atoms with E-state index in [2.05, 4.69) is 6.58 Å². The largest absolute Gasteiger partial charge is 0.481 e. The van der Waals surface area contributed by atoms with Gasteiger partial charge in [0.25, 0.3) is 0 Å². The highest BCUT2D eigenvalue weighted by Gasteiger charge is 2.47. The summed E-state index contributed by atoms with van der Waals surface area (Å²) in [4.78, 5) is 25.3. The highest BCUT2D eigenvalue weighted by atomic mass is 16.6. The predicted octanol–water partition coefficient (Wildman–Crippen LogP) is 3.94. The van der Waals surface area contributed by atoms with E-state index in [1.165, 1.54) is 4.90 Å². The van der Waals surface area contributed by atoms with Crippen LogP contribution in [0.15, 0.2) is 12.7 Å². The van der Waals surface area contributed by atoms with Crippen LogP contribution in [-0.4, -0.2) is 40.8 Å². The van der Waals surface area contributed by atoms with Crippen LogP contribution in [-0.2, 0) is 9.53 Å². The van der Waals surface area contributed by atoms with Crippen LogP contribution >= 0.6 is 0 Å². The monoisotopic (exact) mass is 313 g/mol. The van der Waals surface area contributed by atoms with E-state index in [9.17, 15) is 14.7 Å². The molecule has 1 N–H and O–H groups in total. The summed E-state index contributed by atoms with van der Waals surface area (Å²) in [6.45, 7) is 15.6. The normalized spacial score (nSPS) is 22.9.